The molecular weight excluding hydrogens is 404 g/mol. The van der Waals surface area contributed by atoms with Crippen molar-refractivity contribution in [2.75, 3.05) is 27.4 Å². The van der Waals surface area contributed by atoms with Crippen molar-refractivity contribution in [2.24, 2.45) is 15.8 Å². The van der Waals surface area contributed by atoms with E-state index in [0.717, 1.165) is 5.56 Å². The van der Waals surface area contributed by atoms with Crippen molar-refractivity contribution < 1.29 is 19.4 Å². The SMILES string of the molecule is COCCN=c1scc(-c2ccc(O)c(C(N)=O)c2)n1/N=C/c1ccccc1OC. The lowest BCUT2D eigenvalue weighted by Gasteiger charge is -2.07. The van der Waals surface area contributed by atoms with E-state index in [0.29, 0.717) is 35.0 Å². The van der Waals surface area contributed by atoms with Crippen molar-refractivity contribution >= 4 is 23.5 Å². The van der Waals surface area contributed by atoms with Crippen LogP contribution in [0.2, 0.25) is 0 Å². The molecule has 3 N–H and O–H groups in total. The molecule has 156 valence electrons. The molecule has 0 aliphatic rings. The maximum Gasteiger partial charge on any atom is 0.252 e. The van der Waals surface area contributed by atoms with Crippen LogP contribution in [-0.4, -0.2) is 49.3 Å². The van der Waals surface area contributed by atoms with E-state index in [1.807, 2.05) is 29.6 Å². The Hall–Kier alpha value is -3.43. The molecule has 8 nitrogen and oxygen atoms in total. The average molecular weight is 426 g/mol. The second-order valence-electron chi connectivity index (χ2n) is 6.17. The van der Waals surface area contributed by atoms with Gasteiger partial charge in [0, 0.05) is 23.6 Å². The van der Waals surface area contributed by atoms with Crippen LogP contribution in [-0.2, 0) is 4.74 Å². The highest BCUT2D eigenvalue weighted by Gasteiger charge is 2.13. The van der Waals surface area contributed by atoms with Gasteiger partial charge in [-0.3, -0.25) is 9.79 Å². The van der Waals surface area contributed by atoms with Gasteiger partial charge >= 0.3 is 0 Å². The lowest BCUT2D eigenvalue weighted by atomic mass is 10.1. The Bertz CT molecular complexity index is 1130. The number of rotatable bonds is 8. The summed E-state index contributed by atoms with van der Waals surface area (Å²) in [4.78, 5) is 16.8. The molecule has 0 bridgehead atoms. The molecule has 0 unspecified atom stereocenters. The number of benzene rings is 2. The topological polar surface area (TPSA) is 111 Å². The molecule has 1 aromatic heterocycles. The molecule has 1 amide bonds. The Balaban J connectivity index is 2.11. The second kappa shape index (κ2) is 9.86. The van der Waals surface area contributed by atoms with E-state index in [1.165, 1.54) is 23.5 Å². The van der Waals surface area contributed by atoms with Crippen LogP contribution >= 0.6 is 11.3 Å². The van der Waals surface area contributed by atoms with Crippen LogP contribution in [0.4, 0.5) is 0 Å². The van der Waals surface area contributed by atoms with Crippen molar-refractivity contribution in [3.05, 3.63) is 63.8 Å². The minimum absolute atomic E-state index is 0.0387. The van der Waals surface area contributed by atoms with E-state index in [4.69, 9.17) is 15.2 Å². The molecule has 0 saturated heterocycles. The van der Waals surface area contributed by atoms with Crippen molar-refractivity contribution in [1.82, 2.24) is 4.68 Å². The van der Waals surface area contributed by atoms with Crippen LogP contribution < -0.4 is 15.3 Å². The van der Waals surface area contributed by atoms with Gasteiger partial charge in [0.15, 0.2) is 0 Å². The molecule has 0 aliphatic heterocycles. The first-order valence-electron chi connectivity index (χ1n) is 9.05. The van der Waals surface area contributed by atoms with E-state index in [-0.39, 0.29) is 11.3 Å². The number of nitrogens with zero attached hydrogens (tertiary/aromatic N) is 3. The van der Waals surface area contributed by atoms with Gasteiger partial charge in [-0.1, -0.05) is 12.1 Å². The van der Waals surface area contributed by atoms with Crippen molar-refractivity contribution in [3.63, 3.8) is 0 Å². The summed E-state index contributed by atoms with van der Waals surface area (Å²) in [6, 6.07) is 12.2. The molecule has 2 aromatic carbocycles. The van der Waals surface area contributed by atoms with E-state index in [2.05, 4.69) is 10.1 Å². The fourth-order valence-corrected chi connectivity index (χ4v) is 3.60. The monoisotopic (exact) mass is 426 g/mol. The molecule has 9 heteroatoms. The summed E-state index contributed by atoms with van der Waals surface area (Å²) in [6.07, 6.45) is 1.68. The zero-order chi connectivity index (χ0) is 21.5. The Morgan fingerprint density at radius 3 is 2.80 bits per heavy atom. The maximum absolute atomic E-state index is 11.6. The predicted octanol–water partition coefficient (Wildman–Crippen LogP) is 2.46. The lowest BCUT2D eigenvalue weighted by Crippen LogP contribution is -2.14. The molecule has 3 rings (SSSR count). The fourth-order valence-electron chi connectivity index (χ4n) is 2.74. The number of amides is 1. The number of nitrogens with two attached hydrogens (primary N) is 1. The molecule has 0 fully saturated rings. The number of carbonyl (C=O) groups excluding carboxylic acids is 1. The standard InChI is InChI=1S/C21H22N4O4S/c1-28-10-9-23-21-25(24-12-15-5-3-4-6-19(15)29-2)17(13-30-21)14-7-8-18(26)16(11-14)20(22)27/h3-8,11-13,26H,9-10H2,1-2H3,(H2,22,27)/b23-21?,24-12+. The molecule has 0 radical (unpaired) electrons. The third-order valence-electron chi connectivity index (χ3n) is 4.24. The van der Waals surface area contributed by atoms with E-state index in [9.17, 15) is 9.90 Å². The smallest absolute Gasteiger partial charge is 0.252 e. The zero-order valence-corrected chi connectivity index (χ0v) is 17.4. The minimum atomic E-state index is -0.710. The van der Waals surface area contributed by atoms with Crippen LogP contribution in [0.3, 0.4) is 0 Å². The van der Waals surface area contributed by atoms with Gasteiger partial charge in [-0.2, -0.15) is 5.10 Å². The maximum atomic E-state index is 11.6. The number of ether oxygens (including phenoxy) is 2. The van der Waals surface area contributed by atoms with Crippen LogP contribution in [0.15, 0.2) is 57.9 Å². The highest BCUT2D eigenvalue weighted by molar-refractivity contribution is 7.07. The molecule has 0 atom stereocenters. The van der Waals surface area contributed by atoms with Gasteiger partial charge < -0.3 is 20.3 Å². The zero-order valence-electron chi connectivity index (χ0n) is 16.6. The summed E-state index contributed by atoms with van der Waals surface area (Å²) in [5.41, 5.74) is 7.58. The number of phenols is 1. The van der Waals surface area contributed by atoms with Gasteiger partial charge in [0.25, 0.3) is 5.91 Å². The third-order valence-corrected chi connectivity index (χ3v) is 5.09. The van der Waals surface area contributed by atoms with Gasteiger partial charge in [0.05, 0.1) is 37.7 Å². The Labute approximate surface area is 177 Å². The fraction of sp³-hybridized carbons (Fsp3) is 0.190. The van der Waals surface area contributed by atoms with Gasteiger partial charge in [-0.15, -0.1) is 11.3 Å². The molecule has 0 spiro atoms. The first-order valence-corrected chi connectivity index (χ1v) is 9.93. The number of hydrogen-bond donors (Lipinski definition) is 2. The Morgan fingerprint density at radius 1 is 1.27 bits per heavy atom. The highest BCUT2D eigenvalue weighted by atomic mass is 32.1. The van der Waals surface area contributed by atoms with E-state index < -0.39 is 5.91 Å². The van der Waals surface area contributed by atoms with Gasteiger partial charge in [0.2, 0.25) is 4.80 Å². The van der Waals surface area contributed by atoms with E-state index >= 15 is 0 Å². The largest absolute Gasteiger partial charge is 0.507 e. The Kier molecular flexibility index (Phi) is 6.99. The average Bonchev–Trinajstić information content (AvgIpc) is 3.15. The number of carbonyl (C=O) groups is 1. The highest BCUT2D eigenvalue weighted by Crippen LogP contribution is 2.26. The summed E-state index contributed by atoms with van der Waals surface area (Å²) in [6.45, 7) is 0.956. The number of aromatic nitrogens is 1. The van der Waals surface area contributed by atoms with Crippen LogP contribution in [0.25, 0.3) is 11.3 Å². The summed E-state index contributed by atoms with van der Waals surface area (Å²) in [5, 5.41) is 16.4. The van der Waals surface area contributed by atoms with E-state index in [1.54, 1.807) is 31.2 Å². The number of thiazole rings is 1. The molecule has 3 aromatic rings. The van der Waals surface area contributed by atoms with Crippen molar-refractivity contribution in [2.45, 2.75) is 0 Å². The summed E-state index contributed by atoms with van der Waals surface area (Å²) in [5.74, 6) is -0.189. The van der Waals surface area contributed by atoms with Crippen molar-refractivity contribution in [3.8, 4) is 22.8 Å². The summed E-state index contributed by atoms with van der Waals surface area (Å²) in [7, 11) is 3.22. The van der Waals surface area contributed by atoms with Gasteiger partial charge in [-0.25, -0.2) is 4.68 Å². The summed E-state index contributed by atoms with van der Waals surface area (Å²) < 4.78 is 12.1. The predicted molar refractivity (Wildman–Crippen MR) is 116 cm³/mol. The van der Waals surface area contributed by atoms with Crippen LogP contribution in [0, 0.1) is 0 Å². The first-order chi connectivity index (χ1) is 14.5. The molecule has 30 heavy (non-hydrogen) atoms. The molecule has 0 saturated carbocycles. The molecule has 1 heterocycles. The normalized spacial score (nSPS) is 11.9. The molecule has 0 aliphatic carbocycles. The van der Waals surface area contributed by atoms with Crippen LogP contribution in [0.5, 0.6) is 11.5 Å². The van der Waals surface area contributed by atoms with Crippen LogP contribution in [0.1, 0.15) is 15.9 Å². The lowest BCUT2D eigenvalue weighted by molar-refractivity contribution is 0.0998. The number of methoxy groups -OCH3 is 2. The Morgan fingerprint density at radius 2 is 2.07 bits per heavy atom. The number of para-hydroxylation sites is 1. The minimum Gasteiger partial charge on any atom is -0.507 e. The molecular formula is C21H22N4O4S. The number of primary amides is 1. The van der Waals surface area contributed by atoms with Crippen molar-refractivity contribution in [1.29, 1.82) is 0 Å². The quantitative estimate of drug-likeness (QED) is 0.426. The number of hydrogen-bond acceptors (Lipinski definition) is 7. The third kappa shape index (κ3) is 4.76. The number of aromatic hydroxyl groups is 1. The first kappa shape index (κ1) is 21.3. The second-order valence-corrected chi connectivity index (χ2v) is 7.01. The van der Waals surface area contributed by atoms with Gasteiger partial charge in [-0.05, 0) is 30.3 Å². The summed E-state index contributed by atoms with van der Waals surface area (Å²) >= 11 is 1.40. The van der Waals surface area contributed by atoms with Gasteiger partial charge in [0.1, 0.15) is 11.5 Å².